The molecule has 4 rings (SSSR count). The van der Waals surface area contributed by atoms with Crippen molar-refractivity contribution < 1.29 is 4.79 Å². The number of H-pyrrole nitrogens is 1. The number of aromatic amines is 1. The number of halogens is 1. The van der Waals surface area contributed by atoms with Gasteiger partial charge in [0.05, 0.1) is 10.9 Å². The van der Waals surface area contributed by atoms with E-state index in [1.54, 1.807) is 36.2 Å². The number of fused-ring (bicyclic) bond motifs is 1. The van der Waals surface area contributed by atoms with Crippen molar-refractivity contribution in [2.24, 2.45) is 7.05 Å². The van der Waals surface area contributed by atoms with E-state index in [-0.39, 0.29) is 36.5 Å². The SMILES string of the molecule is CCn1c(=O)[nH]c2cc(C(=O)N3CCNCC3c3nccn3C)ccc2c1=O.Cl. The van der Waals surface area contributed by atoms with Gasteiger partial charge >= 0.3 is 5.69 Å². The maximum absolute atomic E-state index is 13.2. The van der Waals surface area contributed by atoms with Gasteiger partial charge in [0.25, 0.3) is 11.5 Å². The van der Waals surface area contributed by atoms with Gasteiger partial charge in [-0.1, -0.05) is 0 Å². The minimum Gasteiger partial charge on any atom is -0.336 e. The maximum Gasteiger partial charge on any atom is 0.328 e. The molecule has 1 fully saturated rings. The average Bonchev–Trinajstić information content (AvgIpc) is 3.13. The second-order valence-corrected chi connectivity index (χ2v) is 6.85. The molecule has 1 unspecified atom stereocenters. The highest BCUT2D eigenvalue weighted by Crippen LogP contribution is 2.23. The monoisotopic (exact) mass is 418 g/mol. The number of carbonyl (C=O) groups is 1. The number of rotatable bonds is 3. The molecule has 1 aliphatic rings. The summed E-state index contributed by atoms with van der Waals surface area (Å²) < 4.78 is 3.04. The normalized spacial score (nSPS) is 16.6. The number of aryl methyl sites for hydroxylation is 1. The highest BCUT2D eigenvalue weighted by Gasteiger charge is 2.31. The molecule has 1 saturated heterocycles. The largest absolute Gasteiger partial charge is 0.336 e. The fourth-order valence-corrected chi connectivity index (χ4v) is 3.72. The molecule has 2 aromatic heterocycles. The Hall–Kier alpha value is -2.91. The molecule has 3 heterocycles. The number of piperazine rings is 1. The van der Waals surface area contributed by atoms with Crippen molar-refractivity contribution in [3.63, 3.8) is 0 Å². The number of amides is 1. The Morgan fingerprint density at radius 1 is 1.31 bits per heavy atom. The van der Waals surface area contributed by atoms with Gasteiger partial charge in [-0.3, -0.25) is 14.2 Å². The molecule has 0 saturated carbocycles. The lowest BCUT2D eigenvalue weighted by atomic mass is 10.1. The Balaban J connectivity index is 0.00000240. The van der Waals surface area contributed by atoms with Crippen molar-refractivity contribution >= 4 is 29.2 Å². The molecule has 1 aliphatic heterocycles. The first kappa shape index (κ1) is 20.8. The van der Waals surface area contributed by atoms with Crippen LogP contribution >= 0.6 is 12.4 Å². The van der Waals surface area contributed by atoms with Crippen molar-refractivity contribution in [3.05, 3.63) is 62.8 Å². The summed E-state index contributed by atoms with van der Waals surface area (Å²) in [6.45, 7) is 3.88. The third-order valence-electron chi connectivity index (χ3n) is 5.21. The fraction of sp³-hybridized carbons (Fsp3) is 0.368. The van der Waals surface area contributed by atoms with E-state index in [0.717, 1.165) is 10.4 Å². The zero-order chi connectivity index (χ0) is 19.8. The third kappa shape index (κ3) is 3.58. The van der Waals surface area contributed by atoms with Crippen LogP contribution in [0.3, 0.4) is 0 Å². The second-order valence-electron chi connectivity index (χ2n) is 6.85. The van der Waals surface area contributed by atoms with Crippen molar-refractivity contribution in [3.8, 4) is 0 Å². The predicted molar refractivity (Wildman–Crippen MR) is 112 cm³/mol. The predicted octanol–water partition coefficient (Wildman–Crippen LogP) is 0.652. The standard InChI is InChI=1S/C19H22N6O3.ClH/c1-3-24-18(27)13-5-4-12(10-14(13)22-19(24)28)17(26)25-9-6-20-11-15(25)16-21-7-8-23(16)2;/h4-5,7-8,10,15,20H,3,6,9,11H2,1-2H3,(H,22,28);1H. The smallest absolute Gasteiger partial charge is 0.328 e. The van der Waals surface area contributed by atoms with E-state index in [1.165, 1.54) is 0 Å². The van der Waals surface area contributed by atoms with Gasteiger partial charge in [-0.15, -0.1) is 12.4 Å². The molecule has 10 heteroatoms. The van der Waals surface area contributed by atoms with Gasteiger partial charge < -0.3 is 19.8 Å². The average molecular weight is 419 g/mol. The van der Waals surface area contributed by atoms with Crippen LogP contribution in [0.25, 0.3) is 10.9 Å². The number of nitrogens with zero attached hydrogens (tertiary/aromatic N) is 4. The Morgan fingerprint density at radius 2 is 2.10 bits per heavy atom. The first-order valence-corrected chi connectivity index (χ1v) is 9.27. The van der Waals surface area contributed by atoms with Crippen LogP contribution in [-0.4, -0.2) is 49.5 Å². The van der Waals surface area contributed by atoms with E-state index in [0.29, 0.717) is 36.1 Å². The Kier molecular flexibility index (Phi) is 5.90. The zero-order valence-corrected chi connectivity index (χ0v) is 17.0. The van der Waals surface area contributed by atoms with E-state index < -0.39 is 5.69 Å². The number of hydrogen-bond donors (Lipinski definition) is 2. The van der Waals surface area contributed by atoms with E-state index in [4.69, 9.17) is 0 Å². The quantitative estimate of drug-likeness (QED) is 0.649. The Morgan fingerprint density at radius 3 is 2.79 bits per heavy atom. The molecular weight excluding hydrogens is 396 g/mol. The highest BCUT2D eigenvalue weighted by atomic mass is 35.5. The number of imidazole rings is 1. The van der Waals surface area contributed by atoms with Gasteiger partial charge in [0.2, 0.25) is 0 Å². The van der Waals surface area contributed by atoms with Crippen LogP contribution in [0.1, 0.15) is 29.1 Å². The topological polar surface area (TPSA) is 105 Å². The first-order valence-electron chi connectivity index (χ1n) is 9.27. The number of benzene rings is 1. The van der Waals surface area contributed by atoms with Crippen LogP contribution in [-0.2, 0) is 13.6 Å². The van der Waals surface area contributed by atoms with Crippen LogP contribution < -0.4 is 16.6 Å². The molecule has 0 radical (unpaired) electrons. The highest BCUT2D eigenvalue weighted by molar-refractivity contribution is 5.98. The zero-order valence-electron chi connectivity index (χ0n) is 16.2. The van der Waals surface area contributed by atoms with E-state index in [1.807, 2.05) is 17.8 Å². The summed E-state index contributed by atoms with van der Waals surface area (Å²) in [7, 11) is 1.90. The molecule has 1 amide bonds. The maximum atomic E-state index is 13.2. The molecule has 0 bridgehead atoms. The molecule has 2 N–H and O–H groups in total. The van der Waals surface area contributed by atoms with Crippen LogP contribution in [0, 0.1) is 0 Å². The summed E-state index contributed by atoms with van der Waals surface area (Å²) in [6, 6.07) is 4.63. The Bertz CT molecular complexity index is 1160. The summed E-state index contributed by atoms with van der Waals surface area (Å²) in [5, 5.41) is 3.69. The second kappa shape index (κ2) is 8.22. The number of nitrogens with one attached hydrogen (secondary N) is 2. The van der Waals surface area contributed by atoms with Crippen LogP contribution in [0.5, 0.6) is 0 Å². The van der Waals surface area contributed by atoms with Crippen LogP contribution in [0.4, 0.5) is 0 Å². The Labute approximate surface area is 172 Å². The van der Waals surface area contributed by atoms with E-state index in [9.17, 15) is 14.4 Å². The van der Waals surface area contributed by atoms with Gasteiger partial charge in [0, 0.05) is 51.2 Å². The van der Waals surface area contributed by atoms with Gasteiger partial charge in [-0.25, -0.2) is 9.78 Å². The summed E-state index contributed by atoms with van der Waals surface area (Å²) in [6.07, 6.45) is 3.57. The molecule has 1 atom stereocenters. The molecule has 154 valence electrons. The molecule has 1 aromatic carbocycles. The lowest BCUT2D eigenvalue weighted by molar-refractivity contribution is 0.0621. The summed E-state index contributed by atoms with van der Waals surface area (Å²) in [5.41, 5.74) is -0.0295. The first-order chi connectivity index (χ1) is 13.5. The van der Waals surface area contributed by atoms with Gasteiger partial charge in [0.1, 0.15) is 11.9 Å². The molecule has 9 nitrogen and oxygen atoms in total. The number of carbonyl (C=O) groups excluding carboxylic acids is 1. The molecule has 0 spiro atoms. The van der Waals surface area contributed by atoms with Gasteiger partial charge in [-0.2, -0.15) is 0 Å². The summed E-state index contributed by atoms with van der Waals surface area (Å²) in [4.78, 5) is 46.7. The minimum absolute atomic E-state index is 0. The van der Waals surface area contributed by atoms with Gasteiger partial charge in [-0.05, 0) is 25.1 Å². The minimum atomic E-state index is -0.474. The molecule has 29 heavy (non-hydrogen) atoms. The van der Waals surface area contributed by atoms with Crippen molar-refractivity contribution in [1.82, 2.24) is 29.3 Å². The van der Waals surface area contributed by atoms with E-state index >= 15 is 0 Å². The lowest BCUT2D eigenvalue weighted by Gasteiger charge is -2.35. The van der Waals surface area contributed by atoms with Crippen molar-refractivity contribution in [1.29, 1.82) is 0 Å². The van der Waals surface area contributed by atoms with Crippen LogP contribution in [0.15, 0.2) is 40.2 Å². The molecule has 0 aliphatic carbocycles. The number of hydrogen-bond acceptors (Lipinski definition) is 5. The van der Waals surface area contributed by atoms with Gasteiger partial charge in [0.15, 0.2) is 0 Å². The summed E-state index contributed by atoms with van der Waals surface area (Å²) in [5.74, 6) is 0.650. The number of aromatic nitrogens is 4. The molecular formula is C19H23ClN6O3. The van der Waals surface area contributed by atoms with E-state index in [2.05, 4.69) is 15.3 Å². The third-order valence-corrected chi connectivity index (χ3v) is 5.21. The van der Waals surface area contributed by atoms with Crippen LogP contribution in [0.2, 0.25) is 0 Å². The summed E-state index contributed by atoms with van der Waals surface area (Å²) >= 11 is 0. The fourth-order valence-electron chi connectivity index (χ4n) is 3.72. The van der Waals surface area contributed by atoms with Crippen molar-refractivity contribution in [2.75, 3.05) is 19.6 Å². The van der Waals surface area contributed by atoms with Crippen molar-refractivity contribution in [2.45, 2.75) is 19.5 Å². The molecule has 3 aromatic rings. The lowest BCUT2D eigenvalue weighted by Crippen LogP contribution is -2.49.